The number of carbonyl (C=O) groups excluding carboxylic acids is 1. The molecule has 1 amide bonds. The summed E-state index contributed by atoms with van der Waals surface area (Å²) in [6.45, 7) is 1.67. The normalized spacial score (nSPS) is 10.9. The summed E-state index contributed by atoms with van der Waals surface area (Å²) in [5, 5.41) is 3.10. The zero-order valence-electron chi connectivity index (χ0n) is 16.8. The maximum atomic E-state index is 13.2. The largest absolute Gasteiger partial charge is 0.332 e. The molecule has 6 nitrogen and oxygen atoms in total. The minimum absolute atomic E-state index is 0.0254. The topological polar surface area (TPSA) is 73.1 Å². The van der Waals surface area contributed by atoms with E-state index in [4.69, 9.17) is 0 Å². The highest BCUT2D eigenvalue weighted by Gasteiger charge is 2.15. The fraction of sp³-hybridized carbons (Fsp3) is 0.125. The minimum Gasteiger partial charge on any atom is -0.325 e. The van der Waals surface area contributed by atoms with Gasteiger partial charge in [0.05, 0.1) is 17.4 Å². The van der Waals surface area contributed by atoms with Gasteiger partial charge in [-0.1, -0.05) is 42.0 Å². The molecule has 0 atom stereocenters. The third kappa shape index (κ3) is 4.30. The number of hydrogen-bond acceptors (Lipinski definition) is 3. The number of anilines is 1. The molecular weight excluding hydrogens is 397 g/mol. The van der Waals surface area contributed by atoms with Crippen molar-refractivity contribution in [3.05, 3.63) is 111 Å². The van der Waals surface area contributed by atoms with Crippen molar-refractivity contribution in [2.75, 3.05) is 5.32 Å². The molecular formula is C24H20FN3O3. The lowest BCUT2D eigenvalue weighted by molar-refractivity contribution is -0.116. The van der Waals surface area contributed by atoms with Crippen LogP contribution in [0.4, 0.5) is 10.1 Å². The molecule has 4 rings (SSSR count). The lowest BCUT2D eigenvalue weighted by Gasteiger charge is -2.14. The van der Waals surface area contributed by atoms with Gasteiger partial charge in [0.1, 0.15) is 12.4 Å². The molecule has 7 heteroatoms. The van der Waals surface area contributed by atoms with Crippen LogP contribution in [0.1, 0.15) is 11.1 Å². The van der Waals surface area contributed by atoms with Crippen LogP contribution in [0, 0.1) is 12.7 Å². The molecule has 1 heterocycles. The van der Waals surface area contributed by atoms with Gasteiger partial charge in [-0.25, -0.2) is 9.18 Å². The number of para-hydroxylation sites is 1. The first-order valence-corrected chi connectivity index (χ1v) is 9.76. The maximum Gasteiger partial charge on any atom is 0.332 e. The van der Waals surface area contributed by atoms with E-state index in [1.807, 2.05) is 19.1 Å². The number of benzene rings is 3. The van der Waals surface area contributed by atoms with Crippen molar-refractivity contribution in [3.63, 3.8) is 0 Å². The summed E-state index contributed by atoms with van der Waals surface area (Å²) >= 11 is 0. The molecule has 0 aliphatic heterocycles. The van der Waals surface area contributed by atoms with Crippen LogP contribution in [-0.4, -0.2) is 15.0 Å². The van der Waals surface area contributed by atoms with Crippen molar-refractivity contribution in [3.8, 4) is 0 Å². The Balaban J connectivity index is 1.74. The van der Waals surface area contributed by atoms with Gasteiger partial charge in [0.25, 0.3) is 5.56 Å². The third-order valence-corrected chi connectivity index (χ3v) is 5.02. The van der Waals surface area contributed by atoms with E-state index in [-0.39, 0.29) is 19.0 Å². The van der Waals surface area contributed by atoms with Crippen LogP contribution >= 0.6 is 0 Å². The highest BCUT2D eigenvalue weighted by atomic mass is 19.1. The predicted octanol–water partition coefficient (Wildman–Crippen LogP) is 3.30. The smallest absolute Gasteiger partial charge is 0.325 e. The Hall–Kier alpha value is -4.00. The molecule has 0 bridgehead atoms. The summed E-state index contributed by atoms with van der Waals surface area (Å²) in [6, 6.07) is 19.6. The van der Waals surface area contributed by atoms with E-state index >= 15 is 0 Å². The molecule has 4 aromatic rings. The third-order valence-electron chi connectivity index (χ3n) is 5.02. The van der Waals surface area contributed by atoms with Gasteiger partial charge in [-0.2, -0.15) is 0 Å². The van der Waals surface area contributed by atoms with Crippen LogP contribution in [0.3, 0.4) is 0 Å². The van der Waals surface area contributed by atoms with Crippen molar-refractivity contribution in [2.45, 2.75) is 20.0 Å². The predicted molar refractivity (Wildman–Crippen MR) is 118 cm³/mol. The van der Waals surface area contributed by atoms with Crippen molar-refractivity contribution >= 4 is 22.5 Å². The molecule has 0 saturated heterocycles. The number of carbonyl (C=O) groups is 1. The van der Waals surface area contributed by atoms with Gasteiger partial charge < -0.3 is 5.32 Å². The molecule has 156 valence electrons. The number of amides is 1. The molecule has 0 fully saturated rings. The van der Waals surface area contributed by atoms with Gasteiger partial charge in [-0.15, -0.1) is 0 Å². The summed E-state index contributed by atoms with van der Waals surface area (Å²) in [6.07, 6.45) is 0. The number of fused-ring (bicyclic) bond motifs is 1. The highest BCUT2D eigenvalue weighted by molar-refractivity contribution is 5.91. The van der Waals surface area contributed by atoms with E-state index in [0.717, 1.165) is 10.1 Å². The maximum absolute atomic E-state index is 13.2. The van der Waals surface area contributed by atoms with Crippen LogP contribution in [0.25, 0.3) is 10.9 Å². The monoisotopic (exact) mass is 417 g/mol. The Morgan fingerprint density at radius 2 is 1.58 bits per heavy atom. The Labute approximate surface area is 177 Å². The number of aromatic nitrogens is 2. The quantitative estimate of drug-likeness (QED) is 0.542. The average Bonchev–Trinajstić information content (AvgIpc) is 2.77. The molecule has 3 aromatic carbocycles. The first-order valence-electron chi connectivity index (χ1n) is 9.76. The van der Waals surface area contributed by atoms with E-state index in [2.05, 4.69) is 5.32 Å². The molecule has 1 N–H and O–H groups in total. The SMILES string of the molecule is Cc1ccc(NC(=O)Cn2c(=O)n(Cc3ccc(F)cc3)c(=O)c3ccccc32)cc1. The number of halogens is 1. The van der Waals surface area contributed by atoms with Crippen LogP contribution < -0.4 is 16.6 Å². The molecule has 31 heavy (non-hydrogen) atoms. The second-order valence-corrected chi connectivity index (χ2v) is 7.32. The number of hydrogen-bond donors (Lipinski definition) is 1. The summed E-state index contributed by atoms with van der Waals surface area (Å²) in [7, 11) is 0. The standard InChI is InChI=1S/C24H20FN3O3/c1-16-6-12-19(13-7-16)26-22(29)15-27-21-5-3-2-4-20(21)23(30)28(24(27)31)14-17-8-10-18(25)11-9-17/h2-13H,14-15H2,1H3,(H,26,29). The van der Waals surface area contributed by atoms with Crippen LogP contribution in [0.5, 0.6) is 0 Å². The fourth-order valence-electron chi connectivity index (χ4n) is 3.42. The van der Waals surface area contributed by atoms with E-state index < -0.39 is 17.1 Å². The summed E-state index contributed by atoms with van der Waals surface area (Å²) < 4.78 is 15.6. The van der Waals surface area contributed by atoms with E-state index in [9.17, 15) is 18.8 Å². The summed E-state index contributed by atoms with van der Waals surface area (Å²) in [4.78, 5) is 38.8. The lowest BCUT2D eigenvalue weighted by Crippen LogP contribution is -2.42. The van der Waals surface area contributed by atoms with Crippen LogP contribution in [0.2, 0.25) is 0 Å². The second kappa shape index (κ2) is 8.39. The van der Waals surface area contributed by atoms with E-state index in [0.29, 0.717) is 22.2 Å². The Bertz CT molecular complexity index is 1370. The highest BCUT2D eigenvalue weighted by Crippen LogP contribution is 2.11. The van der Waals surface area contributed by atoms with Gasteiger partial charge in [0.2, 0.25) is 5.91 Å². The average molecular weight is 417 g/mol. The number of rotatable bonds is 5. The first kappa shape index (κ1) is 20.3. The van der Waals surface area contributed by atoms with Crippen molar-refractivity contribution < 1.29 is 9.18 Å². The minimum atomic E-state index is -0.605. The van der Waals surface area contributed by atoms with Crippen LogP contribution in [0.15, 0.2) is 82.4 Å². The van der Waals surface area contributed by atoms with Gasteiger partial charge in [0.15, 0.2) is 0 Å². The van der Waals surface area contributed by atoms with Gasteiger partial charge in [-0.05, 0) is 48.9 Å². The van der Waals surface area contributed by atoms with Gasteiger partial charge in [-0.3, -0.25) is 18.7 Å². The fourth-order valence-corrected chi connectivity index (χ4v) is 3.42. The zero-order valence-corrected chi connectivity index (χ0v) is 16.8. The molecule has 0 unspecified atom stereocenters. The van der Waals surface area contributed by atoms with Gasteiger partial charge >= 0.3 is 5.69 Å². The molecule has 0 aliphatic rings. The van der Waals surface area contributed by atoms with Crippen molar-refractivity contribution in [2.24, 2.45) is 0 Å². The number of aryl methyl sites for hydroxylation is 1. The first-order chi connectivity index (χ1) is 14.9. The summed E-state index contributed by atoms with van der Waals surface area (Å²) in [5.74, 6) is -0.789. The lowest BCUT2D eigenvalue weighted by atomic mass is 10.2. The van der Waals surface area contributed by atoms with Gasteiger partial charge in [0, 0.05) is 5.69 Å². The molecule has 0 spiro atoms. The summed E-state index contributed by atoms with van der Waals surface area (Å²) in [5.41, 5.74) is 1.60. The van der Waals surface area contributed by atoms with E-state index in [1.165, 1.54) is 28.8 Å². The number of nitrogens with one attached hydrogen (secondary N) is 1. The molecule has 1 aromatic heterocycles. The van der Waals surface area contributed by atoms with Crippen molar-refractivity contribution in [1.82, 2.24) is 9.13 Å². The van der Waals surface area contributed by atoms with E-state index in [1.54, 1.807) is 36.4 Å². The van der Waals surface area contributed by atoms with Crippen molar-refractivity contribution in [1.29, 1.82) is 0 Å². The zero-order chi connectivity index (χ0) is 22.0. The molecule has 0 radical (unpaired) electrons. The Morgan fingerprint density at radius 1 is 0.903 bits per heavy atom. The molecule has 0 aliphatic carbocycles. The number of nitrogens with zero attached hydrogens (tertiary/aromatic N) is 2. The van der Waals surface area contributed by atoms with Crippen LogP contribution in [-0.2, 0) is 17.9 Å². The Kier molecular flexibility index (Phi) is 5.49. The molecule has 0 saturated carbocycles. The second-order valence-electron chi connectivity index (χ2n) is 7.32. The Morgan fingerprint density at radius 3 is 2.29 bits per heavy atom.